The van der Waals surface area contributed by atoms with Crippen LogP contribution in [0.4, 0.5) is 11.4 Å². The van der Waals surface area contributed by atoms with Crippen LogP contribution in [0, 0.1) is 17.2 Å². The van der Waals surface area contributed by atoms with Gasteiger partial charge in [-0.3, -0.25) is 0 Å². The van der Waals surface area contributed by atoms with Crippen LogP contribution < -0.4 is 11.1 Å². The highest BCUT2D eigenvalue weighted by Gasteiger charge is 1.99. The molecule has 92 valence electrons. The third-order valence-corrected chi connectivity index (χ3v) is 2.20. The lowest BCUT2D eigenvalue weighted by Crippen LogP contribution is -2.12. The summed E-state index contributed by atoms with van der Waals surface area (Å²) in [7, 11) is 0. The first-order valence-electron chi connectivity index (χ1n) is 5.74. The Morgan fingerprint density at radius 3 is 2.82 bits per heavy atom. The molecule has 1 aromatic rings. The Hall–Kier alpha value is -1.73. The Labute approximate surface area is 102 Å². The number of anilines is 2. The molecule has 0 bridgehead atoms. The van der Waals surface area contributed by atoms with E-state index in [1.54, 1.807) is 12.1 Å². The molecule has 0 unspecified atom stereocenters. The van der Waals surface area contributed by atoms with Gasteiger partial charge in [0.2, 0.25) is 0 Å². The van der Waals surface area contributed by atoms with Gasteiger partial charge in [-0.25, -0.2) is 0 Å². The maximum atomic E-state index is 8.74. The van der Waals surface area contributed by atoms with Crippen molar-refractivity contribution < 1.29 is 4.74 Å². The second kappa shape index (κ2) is 6.77. The fraction of sp³-hybridized carbons (Fsp3) is 0.462. The molecule has 0 fully saturated rings. The van der Waals surface area contributed by atoms with Crippen LogP contribution >= 0.6 is 0 Å². The van der Waals surface area contributed by atoms with Crippen molar-refractivity contribution >= 4 is 11.4 Å². The number of nitrogens with zero attached hydrogens (tertiary/aromatic N) is 1. The fourth-order valence-electron chi connectivity index (χ4n) is 1.36. The summed E-state index contributed by atoms with van der Waals surface area (Å²) in [6.07, 6.45) is 0. The van der Waals surface area contributed by atoms with Gasteiger partial charge < -0.3 is 15.8 Å². The molecule has 1 rings (SSSR count). The van der Waals surface area contributed by atoms with Gasteiger partial charge >= 0.3 is 0 Å². The van der Waals surface area contributed by atoms with Gasteiger partial charge in [0.15, 0.2) is 0 Å². The maximum absolute atomic E-state index is 8.74. The molecule has 0 amide bonds. The van der Waals surface area contributed by atoms with Crippen LogP contribution in [-0.2, 0) is 4.74 Å². The van der Waals surface area contributed by atoms with Gasteiger partial charge in [0.1, 0.15) is 6.07 Å². The monoisotopic (exact) mass is 233 g/mol. The lowest BCUT2D eigenvalue weighted by Gasteiger charge is -2.09. The number of ether oxygens (including phenoxy) is 1. The van der Waals surface area contributed by atoms with E-state index in [-0.39, 0.29) is 0 Å². The third-order valence-electron chi connectivity index (χ3n) is 2.20. The molecule has 1 aromatic carbocycles. The summed E-state index contributed by atoms with van der Waals surface area (Å²) in [5.74, 6) is 0.556. The van der Waals surface area contributed by atoms with E-state index in [2.05, 4.69) is 19.2 Å². The van der Waals surface area contributed by atoms with E-state index in [9.17, 15) is 0 Å². The van der Waals surface area contributed by atoms with Crippen molar-refractivity contribution in [2.24, 2.45) is 5.92 Å². The van der Waals surface area contributed by atoms with Crippen LogP contribution in [0.15, 0.2) is 18.2 Å². The van der Waals surface area contributed by atoms with Crippen molar-refractivity contribution in [2.45, 2.75) is 13.8 Å². The molecule has 0 aromatic heterocycles. The number of nitrogens with one attached hydrogen (secondary N) is 1. The van der Waals surface area contributed by atoms with Crippen molar-refractivity contribution in [3.8, 4) is 6.07 Å². The van der Waals surface area contributed by atoms with Crippen LogP contribution in [0.1, 0.15) is 19.4 Å². The van der Waals surface area contributed by atoms with Crippen molar-refractivity contribution in [1.82, 2.24) is 0 Å². The first-order chi connectivity index (χ1) is 8.13. The van der Waals surface area contributed by atoms with Crippen LogP contribution in [0.2, 0.25) is 0 Å². The van der Waals surface area contributed by atoms with E-state index in [0.29, 0.717) is 23.8 Å². The average Bonchev–Trinajstić information content (AvgIpc) is 2.28. The van der Waals surface area contributed by atoms with Crippen molar-refractivity contribution in [3.05, 3.63) is 23.8 Å². The minimum absolute atomic E-state index is 0.501. The highest BCUT2D eigenvalue weighted by Crippen LogP contribution is 2.16. The molecule has 0 aliphatic rings. The first kappa shape index (κ1) is 13.3. The zero-order valence-electron chi connectivity index (χ0n) is 10.4. The zero-order chi connectivity index (χ0) is 12.7. The van der Waals surface area contributed by atoms with E-state index >= 15 is 0 Å². The number of nitrogen functional groups attached to an aromatic ring is 1. The summed E-state index contributed by atoms with van der Waals surface area (Å²) in [4.78, 5) is 0. The van der Waals surface area contributed by atoms with Crippen LogP contribution in [0.25, 0.3) is 0 Å². The predicted octanol–water partition coefficient (Wildman–Crippen LogP) is 2.22. The van der Waals surface area contributed by atoms with Crippen molar-refractivity contribution in [2.75, 3.05) is 30.8 Å². The van der Waals surface area contributed by atoms with Gasteiger partial charge in [-0.05, 0) is 24.1 Å². The summed E-state index contributed by atoms with van der Waals surface area (Å²) in [6.45, 7) is 6.41. The lowest BCUT2D eigenvalue weighted by atomic mass is 10.2. The summed E-state index contributed by atoms with van der Waals surface area (Å²) >= 11 is 0. The standard InChI is InChI=1S/C13H19N3O/c1-10(2)9-17-6-5-16-12-4-3-11(8-14)13(15)7-12/h3-4,7,10,16H,5-6,9,15H2,1-2H3. The number of nitriles is 1. The Bertz CT molecular complexity index is 396. The van der Waals surface area contributed by atoms with E-state index in [1.165, 1.54) is 0 Å². The number of rotatable bonds is 6. The van der Waals surface area contributed by atoms with Crippen molar-refractivity contribution in [3.63, 3.8) is 0 Å². The quantitative estimate of drug-likeness (QED) is 0.584. The molecule has 0 saturated carbocycles. The van der Waals surface area contributed by atoms with Crippen LogP contribution in [0.3, 0.4) is 0 Å². The molecule has 17 heavy (non-hydrogen) atoms. The molecule has 0 spiro atoms. The predicted molar refractivity (Wildman–Crippen MR) is 69.7 cm³/mol. The Kier molecular flexibility index (Phi) is 5.31. The normalized spacial score (nSPS) is 10.2. The second-order valence-corrected chi connectivity index (χ2v) is 4.31. The maximum Gasteiger partial charge on any atom is 0.101 e. The molecule has 4 nitrogen and oxygen atoms in total. The smallest absolute Gasteiger partial charge is 0.101 e. The summed E-state index contributed by atoms with van der Waals surface area (Å²) in [6, 6.07) is 7.36. The molecule has 3 N–H and O–H groups in total. The average molecular weight is 233 g/mol. The minimum atomic E-state index is 0.501. The molecule has 4 heteroatoms. The highest BCUT2D eigenvalue weighted by molar-refractivity contribution is 5.62. The van der Waals surface area contributed by atoms with E-state index in [1.807, 2.05) is 12.1 Å². The summed E-state index contributed by atoms with van der Waals surface area (Å²) in [5.41, 5.74) is 7.63. The molecular formula is C13H19N3O. The third kappa shape index (κ3) is 4.75. The number of hydrogen-bond donors (Lipinski definition) is 2. The molecule has 0 atom stereocenters. The fourth-order valence-corrected chi connectivity index (χ4v) is 1.36. The summed E-state index contributed by atoms with van der Waals surface area (Å²) < 4.78 is 5.45. The molecular weight excluding hydrogens is 214 g/mol. The molecule has 0 aliphatic heterocycles. The zero-order valence-corrected chi connectivity index (χ0v) is 10.4. The van der Waals surface area contributed by atoms with Gasteiger partial charge in [0, 0.05) is 18.8 Å². The Morgan fingerprint density at radius 2 is 2.24 bits per heavy atom. The molecule has 0 saturated heterocycles. The van der Waals surface area contributed by atoms with Crippen molar-refractivity contribution in [1.29, 1.82) is 5.26 Å². The van der Waals surface area contributed by atoms with Gasteiger partial charge in [-0.15, -0.1) is 0 Å². The van der Waals surface area contributed by atoms with E-state index < -0.39 is 0 Å². The molecule has 0 heterocycles. The highest BCUT2D eigenvalue weighted by atomic mass is 16.5. The topological polar surface area (TPSA) is 71.1 Å². The largest absolute Gasteiger partial charge is 0.398 e. The second-order valence-electron chi connectivity index (χ2n) is 4.31. The lowest BCUT2D eigenvalue weighted by molar-refractivity contribution is 0.118. The van der Waals surface area contributed by atoms with Gasteiger partial charge in [-0.2, -0.15) is 5.26 Å². The van der Waals surface area contributed by atoms with E-state index in [4.69, 9.17) is 15.7 Å². The molecule has 0 radical (unpaired) electrons. The Balaban J connectivity index is 2.33. The summed E-state index contributed by atoms with van der Waals surface area (Å²) in [5, 5.41) is 11.9. The number of hydrogen-bond acceptors (Lipinski definition) is 4. The van der Waals surface area contributed by atoms with Crippen LogP contribution in [-0.4, -0.2) is 19.8 Å². The van der Waals surface area contributed by atoms with Crippen LogP contribution in [0.5, 0.6) is 0 Å². The number of benzene rings is 1. The first-order valence-corrected chi connectivity index (χ1v) is 5.74. The van der Waals surface area contributed by atoms with E-state index in [0.717, 1.165) is 18.8 Å². The molecule has 0 aliphatic carbocycles. The SMILES string of the molecule is CC(C)COCCNc1ccc(C#N)c(N)c1. The van der Waals surface area contributed by atoms with Gasteiger partial charge in [0.05, 0.1) is 17.9 Å². The minimum Gasteiger partial charge on any atom is -0.398 e. The van der Waals surface area contributed by atoms with Gasteiger partial charge in [-0.1, -0.05) is 13.8 Å². The van der Waals surface area contributed by atoms with Gasteiger partial charge in [0.25, 0.3) is 0 Å². The number of nitrogens with two attached hydrogens (primary N) is 1. The Morgan fingerprint density at radius 1 is 1.47 bits per heavy atom.